The highest BCUT2D eigenvalue weighted by molar-refractivity contribution is 5.96. The summed E-state index contributed by atoms with van der Waals surface area (Å²) in [6, 6.07) is 10.4. The van der Waals surface area contributed by atoms with Gasteiger partial charge in [-0.15, -0.1) is 0 Å². The highest BCUT2D eigenvalue weighted by Gasteiger charge is 2.24. The molecule has 3 aromatic rings. The molecule has 0 aliphatic heterocycles. The normalized spacial score (nSPS) is 18.2. The zero-order chi connectivity index (χ0) is 22.7. The maximum atomic E-state index is 12.3. The third kappa shape index (κ3) is 4.69. The summed E-state index contributed by atoms with van der Waals surface area (Å²) in [5.41, 5.74) is 1.78. The first-order chi connectivity index (χ1) is 15.4. The van der Waals surface area contributed by atoms with Crippen molar-refractivity contribution in [3.05, 3.63) is 68.8 Å². The molecule has 0 radical (unpaired) electrons. The van der Waals surface area contributed by atoms with Crippen LogP contribution in [0, 0.1) is 17.0 Å². The molecule has 1 fully saturated rings. The van der Waals surface area contributed by atoms with E-state index in [-0.39, 0.29) is 34.7 Å². The van der Waals surface area contributed by atoms with Crippen molar-refractivity contribution in [2.45, 2.75) is 44.7 Å². The van der Waals surface area contributed by atoms with Crippen LogP contribution in [0.25, 0.3) is 10.9 Å². The van der Waals surface area contributed by atoms with E-state index in [9.17, 15) is 19.7 Å². The van der Waals surface area contributed by atoms with Crippen molar-refractivity contribution in [2.24, 2.45) is 0 Å². The van der Waals surface area contributed by atoms with E-state index in [1.165, 1.54) is 12.4 Å². The number of anilines is 2. The van der Waals surface area contributed by atoms with Crippen molar-refractivity contribution >= 4 is 34.0 Å². The van der Waals surface area contributed by atoms with Gasteiger partial charge >= 0.3 is 6.03 Å². The van der Waals surface area contributed by atoms with E-state index in [2.05, 4.69) is 25.9 Å². The fourth-order valence-electron chi connectivity index (χ4n) is 4.11. The maximum absolute atomic E-state index is 12.3. The van der Waals surface area contributed by atoms with Crippen LogP contribution < -0.4 is 21.5 Å². The van der Waals surface area contributed by atoms with E-state index in [4.69, 9.17) is 0 Å². The summed E-state index contributed by atoms with van der Waals surface area (Å²) in [7, 11) is 0. The second-order valence-corrected chi connectivity index (χ2v) is 8.01. The first kappa shape index (κ1) is 21.3. The molecule has 10 nitrogen and oxygen atoms in total. The van der Waals surface area contributed by atoms with Crippen LogP contribution in [0.1, 0.15) is 31.2 Å². The Morgan fingerprint density at radius 2 is 1.91 bits per heavy atom. The van der Waals surface area contributed by atoms with E-state index >= 15 is 0 Å². The summed E-state index contributed by atoms with van der Waals surface area (Å²) < 4.78 is 0. The Morgan fingerprint density at radius 3 is 2.62 bits per heavy atom. The van der Waals surface area contributed by atoms with E-state index in [1.54, 1.807) is 6.07 Å². The fraction of sp³-hybridized carbons (Fsp3) is 0.318. The molecule has 2 aromatic carbocycles. The van der Waals surface area contributed by atoms with Crippen LogP contribution in [0.15, 0.2) is 47.5 Å². The van der Waals surface area contributed by atoms with Crippen molar-refractivity contribution in [2.75, 3.05) is 10.6 Å². The van der Waals surface area contributed by atoms with Crippen LogP contribution in [0.5, 0.6) is 0 Å². The number of aromatic amines is 1. The van der Waals surface area contributed by atoms with Crippen molar-refractivity contribution in [1.29, 1.82) is 0 Å². The zero-order valence-electron chi connectivity index (χ0n) is 17.6. The van der Waals surface area contributed by atoms with Crippen molar-refractivity contribution < 1.29 is 9.72 Å². The van der Waals surface area contributed by atoms with Gasteiger partial charge in [0.1, 0.15) is 0 Å². The van der Waals surface area contributed by atoms with Crippen LogP contribution >= 0.6 is 0 Å². The predicted octanol–water partition coefficient (Wildman–Crippen LogP) is 3.68. The van der Waals surface area contributed by atoms with Gasteiger partial charge in [0.05, 0.1) is 16.6 Å². The smallest absolute Gasteiger partial charge is 0.319 e. The molecule has 1 aliphatic carbocycles. The highest BCUT2D eigenvalue weighted by atomic mass is 16.6. The number of benzene rings is 2. The second kappa shape index (κ2) is 9.04. The molecule has 32 heavy (non-hydrogen) atoms. The SMILES string of the molecule is Cc1cccc(NC(=O)NC2CCC(Nc3ccc([N+](=O)[O-])c4nc[nH]c(=O)c34)CC2)c1. The van der Waals surface area contributed by atoms with Gasteiger partial charge in [0.15, 0.2) is 5.52 Å². The number of nitrogens with one attached hydrogen (secondary N) is 4. The third-order valence-electron chi connectivity index (χ3n) is 5.67. The number of non-ortho nitro benzene ring substituents is 1. The van der Waals surface area contributed by atoms with Gasteiger partial charge in [-0.25, -0.2) is 9.78 Å². The molecular weight excluding hydrogens is 412 g/mol. The van der Waals surface area contributed by atoms with Gasteiger partial charge in [0.2, 0.25) is 0 Å². The number of nitrogens with zero attached hydrogens (tertiary/aromatic N) is 2. The number of nitro benzene ring substituents is 1. The summed E-state index contributed by atoms with van der Waals surface area (Å²) in [5, 5.41) is 20.7. The van der Waals surface area contributed by atoms with Crippen LogP contribution in [0.2, 0.25) is 0 Å². The minimum atomic E-state index is -0.544. The Bertz CT molecular complexity index is 1220. The van der Waals surface area contributed by atoms with Gasteiger partial charge in [-0.1, -0.05) is 12.1 Å². The number of aromatic nitrogens is 2. The fourth-order valence-corrected chi connectivity index (χ4v) is 4.11. The van der Waals surface area contributed by atoms with Gasteiger partial charge in [-0.3, -0.25) is 14.9 Å². The summed E-state index contributed by atoms with van der Waals surface area (Å²) in [5.74, 6) is 0. The number of urea groups is 1. The Balaban J connectivity index is 1.38. The molecule has 0 unspecified atom stereocenters. The van der Waals surface area contributed by atoms with Gasteiger partial charge in [0.25, 0.3) is 11.2 Å². The third-order valence-corrected chi connectivity index (χ3v) is 5.67. The van der Waals surface area contributed by atoms with Crippen LogP contribution in [-0.2, 0) is 0 Å². The maximum Gasteiger partial charge on any atom is 0.319 e. The molecule has 1 saturated carbocycles. The first-order valence-corrected chi connectivity index (χ1v) is 10.5. The van der Waals surface area contributed by atoms with Crippen molar-refractivity contribution in [1.82, 2.24) is 15.3 Å². The lowest BCUT2D eigenvalue weighted by Gasteiger charge is -2.30. The summed E-state index contributed by atoms with van der Waals surface area (Å²) in [6.07, 6.45) is 4.29. The molecular formula is C22H24N6O4. The van der Waals surface area contributed by atoms with Gasteiger partial charge in [-0.05, 0) is 56.4 Å². The number of fused-ring (bicyclic) bond motifs is 1. The Morgan fingerprint density at radius 1 is 1.16 bits per heavy atom. The van der Waals surface area contributed by atoms with E-state index in [0.717, 1.165) is 36.9 Å². The lowest BCUT2D eigenvalue weighted by Crippen LogP contribution is -2.42. The summed E-state index contributed by atoms with van der Waals surface area (Å²) >= 11 is 0. The summed E-state index contributed by atoms with van der Waals surface area (Å²) in [6.45, 7) is 1.97. The minimum absolute atomic E-state index is 0.0523. The number of rotatable bonds is 5. The minimum Gasteiger partial charge on any atom is -0.382 e. The van der Waals surface area contributed by atoms with Gasteiger partial charge in [-0.2, -0.15) is 0 Å². The molecule has 1 heterocycles. The second-order valence-electron chi connectivity index (χ2n) is 8.01. The number of hydrogen-bond donors (Lipinski definition) is 4. The molecule has 10 heteroatoms. The first-order valence-electron chi connectivity index (χ1n) is 10.5. The van der Waals surface area contributed by atoms with Crippen LogP contribution in [0.4, 0.5) is 21.9 Å². The monoisotopic (exact) mass is 436 g/mol. The molecule has 4 rings (SSSR count). The predicted molar refractivity (Wildman–Crippen MR) is 122 cm³/mol. The molecule has 4 N–H and O–H groups in total. The average molecular weight is 436 g/mol. The van der Waals surface area contributed by atoms with Gasteiger partial charge < -0.3 is 20.9 Å². The lowest BCUT2D eigenvalue weighted by molar-refractivity contribution is -0.383. The molecule has 0 spiro atoms. The average Bonchev–Trinajstić information content (AvgIpc) is 2.75. The molecule has 0 saturated heterocycles. The Kier molecular flexibility index (Phi) is 6.02. The van der Waals surface area contributed by atoms with Gasteiger partial charge in [0, 0.05) is 29.5 Å². The number of hydrogen-bond acceptors (Lipinski definition) is 6. The lowest BCUT2D eigenvalue weighted by atomic mass is 9.91. The highest BCUT2D eigenvalue weighted by Crippen LogP contribution is 2.30. The number of carbonyl (C=O) groups is 1. The molecule has 1 aliphatic rings. The number of carbonyl (C=O) groups excluding carboxylic acids is 1. The molecule has 2 amide bonds. The molecule has 1 aromatic heterocycles. The largest absolute Gasteiger partial charge is 0.382 e. The molecule has 0 bridgehead atoms. The number of nitro groups is 1. The van der Waals surface area contributed by atoms with E-state index < -0.39 is 10.5 Å². The molecule has 166 valence electrons. The number of H-pyrrole nitrogens is 1. The standard InChI is InChI=1S/C22H24N6O4/c1-13-3-2-4-16(11-13)27-22(30)26-15-7-5-14(6-8-15)25-17-9-10-18(28(31)32)20-19(17)21(29)24-12-23-20/h2-4,9-12,14-15,25H,5-8H2,1H3,(H,23,24,29)(H2,26,27,30). The number of amides is 2. The summed E-state index contributed by atoms with van der Waals surface area (Å²) in [4.78, 5) is 41.9. The zero-order valence-corrected chi connectivity index (χ0v) is 17.6. The van der Waals surface area contributed by atoms with Crippen LogP contribution in [-0.4, -0.2) is 33.0 Å². The number of aryl methyl sites for hydroxylation is 1. The Labute approximate surface area is 183 Å². The van der Waals surface area contributed by atoms with Crippen LogP contribution in [0.3, 0.4) is 0 Å². The topological polar surface area (TPSA) is 142 Å². The van der Waals surface area contributed by atoms with Crippen molar-refractivity contribution in [3.63, 3.8) is 0 Å². The molecule has 0 atom stereocenters. The van der Waals surface area contributed by atoms with E-state index in [1.807, 2.05) is 31.2 Å². The Hall–Kier alpha value is -3.95. The van der Waals surface area contributed by atoms with E-state index in [0.29, 0.717) is 5.69 Å². The van der Waals surface area contributed by atoms with Crippen molar-refractivity contribution in [3.8, 4) is 0 Å². The quantitative estimate of drug-likeness (QED) is 0.355.